The van der Waals surface area contributed by atoms with Gasteiger partial charge in [0, 0.05) is 6.04 Å². The van der Waals surface area contributed by atoms with Crippen molar-refractivity contribution in [1.29, 1.82) is 0 Å². The molecule has 10 nitrogen and oxygen atoms in total. The van der Waals surface area contributed by atoms with Crippen molar-refractivity contribution in [3.63, 3.8) is 0 Å². The van der Waals surface area contributed by atoms with Gasteiger partial charge in [-0.2, -0.15) is 5.48 Å². The number of amides is 1. The molecule has 0 saturated carbocycles. The van der Waals surface area contributed by atoms with E-state index in [-0.39, 0.29) is 25.2 Å². The van der Waals surface area contributed by atoms with E-state index in [0.717, 1.165) is 38.8 Å². The number of aliphatic carboxylic acids is 1. The van der Waals surface area contributed by atoms with Gasteiger partial charge in [0.1, 0.15) is 0 Å². The smallest absolute Gasteiger partial charge is 0.339 e. The van der Waals surface area contributed by atoms with Crippen LogP contribution in [0, 0.1) is 5.92 Å². The van der Waals surface area contributed by atoms with Crippen LogP contribution in [0.4, 0.5) is 0 Å². The topological polar surface area (TPSA) is 152 Å². The number of ether oxygens (including phenoxy) is 1. The number of hydrogen-bond acceptors (Lipinski definition) is 8. The van der Waals surface area contributed by atoms with Gasteiger partial charge in [0.25, 0.3) is 0 Å². The maximum Gasteiger partial charge on any atom is 0.339 e. The molecular formula is C19H34N4O6. The fourth-order valence-corrected chi connectivity index (χ4v) is 3.59. The lowest BCUT2D eigenvalue weighted by Gasteiger charge is -2.24. The largest absolute Gasteiger partial charge is 0.479 e. The highest BCUT2D eigenvalue weighted by Gasteiger charge is 2.44. The number of carboxylic acids is 1. The fourth-order valence-electron chi connectivity index (χ4n) is 3.59. The van der Waals surface area contributed by atoms with Gasteiger partial charge in [-0.1, -0.05) is 13.3 Å². The molecule has 166 valence electrons. The average Bonchev–Trinajstić information content (AvgIpc) is 3.13. The zero-order chi connectivity index (χ0) is 21.3. The van der Waals surface area contributed by atoms with Crippen LogP contribution in [0.3, 0.4) is 0 Å². The number of carboxylic acid groups (broad SMARTS) is 1. The van der Waals surface area contributed by atoms with Gasteiger partial charge < -0.3 is 26.2 Å². The molecule has 2 aliphatic rings. The van der Waals surface area contributed by atoms with Crippen LogP contribution in [0.2, 0.25) is 0 Å². The summed E-state index contributed by atoms with van der Waals surface area (Å²) in [5.41, 5.74) is 6.41. The summed E-state index contributed by atoms with van der Waals surface area (Å²) in [4.78, 5) is 41.2. The summed E-state index contributed by atoms with van der Waals surface area (Å²) in [5, 5.41) is 15.1. The molecule has 2 heterocycles. The van der Waals surface area contributed by atoms with Crippen LogP contribution in [0.25, 0.3) is 0 Å². The first-order valence-corrected chi connectivity index (χ1v) is 10.4. The summed E-state index contributed by atoms with van der Waals surface area (Å²) in [7, 11) is 0. The SMILES string of the molecule is CCCCOC(=O)[C@](N)(CNC(=O)C[C@H]1C[C@H](CC2CCNCC2)NO1)C(=O)O. The predicted octanol–water partition coefficient (Wildman–Crippen LogP) is -0.330. The van der Waals surface area contributed by atoms with E-state index in [9.17, 15) is 19.5 Å². The second kappa shape index (κ2) is 11.4. The molecule has 0 aromatic carbocycles. The number of piperidine rings is 1. The number of carbonyl (C=O) groups is 3. The molecule has 0 radical (unpaired) electrons. The second-order valence-electron chi connectivity index (χ2n) is 7.97. The number of hydrogen-bond donors (Lipinski definition) is 5. The Labute approximate surface area is 171 Å². The quantitative estimate of drug-likeness (QED) is 0.174. The first kappa shape index (κ1) is 23.5. The molecule has 2 saturated heterocycles. The highest BCUT2D eigenvalue weighted by Crippen LogP contribution is 2.24. The maximum absolute atomic E-state index is 12.2. The molecule has 2 aliphatic heterocycles. The molecule has 0 spiro atoms. The van der Waals surface area contributed by atoms with Crippen molar-refractivity contribution in [3.05, 3.63) is 0 Å². The van der Waals surface area contributed by atoms with Gasteiger partial charge in [0.15, 0.2) is 0 Å². The monoisotopic (exact) mass is 414 g/mol. The summed E-state index contributed by atoms with van der Waals surface area (Å²) < 4.78 is 4.93. The van der Waals surface area contributed by atoms with E-state index in [2.05, 4.69) is 16.1 Å². The maximum atomic E-state index is 12.2. The number of unbranched alkanes of at least 4 members (excludes halogenated alkanes) is 1. The van der Waals surface area contributed by atoms with Crippen molar-refractivity contribution in [2.24, 2.45) is 11.7 Å². The molecule has 0 unspecified atom stereocenters. The summed E-state index contributed by atoms with van der Waals surface area (Å²) in [6, 6.07) is 0.206. The molecule has 10 heteroatoms. The zero-order valence-electron chi connectivity index (χ0n) is 17.1. The molecule has 1 amide bonds. The van der Waals surface area contributed by atoms with Crippen molar-refractivity contribution < 1.29 is 29.1 Å². The van der Waals surface area contributed by atoms with E-state index in [4.69, 9.17) is 15.3 Å². The number of hydroxylamine groups is 1. The first-order chi connectivity index (χ1) is 13.8. The number of rotatable bonds is 11. The molecule has 2 rings (SSSR count). The average molecular weight is 415 g/mol. The molecule has 0 aliphatic carbocycles. The normalized spacial score (nSPS) is 24.6. The summed E-state index contributed by atoms with van der Waals surface area (Å²) in [5.74, 6) is -2.37. The summed E-state index contributed by atoms with van der Waals surface area (Å²) in [6.45, 7) is 3.54. The van der Waals surface area contributed by atoms with E-state index in [1.54, 1.807) is 0 Å². The standard InChI is InChI=1S/C19H34N4O6/c1-2-3-8-28-18(27)19(20,17(25)26)12-22-16(24)11-15-10-14(23-29-15)9-13-4-6-21-7-5-13/h13-15,21,23H,2-12,20H2,1H3,(H,22,24)(H,25,26)/t14-,15+,19-/m0/s1. The third-order valence-corrected chi connectivity index (χ3v) is 5.48. The third kappa shape index (κ3) is 7.22. The van der Waals surface area contributed by atoms with Crippen molar-refractivity contribution in [2.75, 3.05) is 26.2 Å². The van der Waals surface area contributed by atoms with Crippen molar-refractivity contribution >= 4 is 17.8 Å². The van der Waals surface area contributed by atoms with Gasteiger partial charge in [-0.05, 0) is 51.1 Å². The fraction of sp³-hybridized carbons (Fsp3) is 0.842. The van der Waals surface area contributed by atoms with Gasteiger partial charge in [-0.3, -0.25) is 9.63 Å². The molecule has 0 aromatic rings. The summed E-state index contributed by atoms with van der Waals surface area (Å²) in [6.07, 6.45) is 5.18. The van der Waals surface area contributed by atoms with Crippen molar-refractivity contribution in [2.45, 2.75) is 69.6 Å². The van der Waals surface area contributed by atoms with E-state index < -0.39 is 29.9 Å². The van der Waals surface area contributed by atoms with E-state index in [1.165, 1.54) is 0 Å². The van der Waals surface area contributed by atoms with Crippen LogP contribution in [0.1, 0.15) is 51.9 Å². The number of esters is 1. The lowest BCUT2D eigenvalue weighted by Crippen LogP contribution is -2.62. The van der Waals surface area contributed by atoms with Gasteiger partial charge in [0.05, 0.1) is 25.7 Å². The Bertz CT molecular complexity index is 569. The van der Waals surface area contributed by atoms with Gasteiger partial charge in [-0.15, -0.1) is 0 Å². The van der Waals surface area contributed by atoms with Crippen molar-refractivity contribution in [1.82, 2.24) is 16.1 Å². The predicted molar refractivity (Wildman–Crippen MR) is 105 cm³/mol. The van der Waals surface area contributed by atoms with Crippen LogP contribution < -0.4 is 21.8 Å². The molecule has 29 heavy (non-hydrogen) atoms. The minimum absolute atomic E-state index is 0.0658. The molecular weight excluding hydrogens is 380 g/mol. The third-order valence-electron chi connectivity index (χ3n) is 5.48. The Morgan fingerprint density at radius 1 is 1.31 bits per heavy atom. The Hall–Kier alpha value is -1.75. The highest BCUT2D eigenvalue weighted by molar-refractivity contribution is 6.04. The molecule has 6 N–H and O–H groups in total. The molecule has 0 bridgehead atoms. The van der Waals surface area contributed by atoms with Gasteiger partial charge >= 0.3 is 11.9 Å². The van der Waals surface area contributed by atoms with Crippen LogP contribution in [0.5, 0.6) is 0 Å². The van der Waals surface area contributed by atoms with E-state index in [1.807, 2.05) is 6.92 Å². The molecule has 2 fully saturated rings. The van der Waals surface area contributed by atoms with Crippen LogP contribution in [-0.4, -0.2) is 66.9 Å². The Morgan fingerprint density at radius 2 is 2.03 bits per heavy atom. The number of carbonyl (C=O) groups excluding carboxylic acids is 2. The first-order valence-electron chi connectivity index (χ1n) is 10.4. The number of nitrogens with one attached hydrogen (secondary N) is 3. The minimum atomic E-state index is -2.31. The van der Waals surface area contributed by atoms with Crippen molar-refractivity contribution in [3.8, 4) is 0 Å². The van der Waals surface area contributed by atoms with E-state index in [0.29, 0.717) is 18.8 Å². The Balaban J connectivity index is 1.74. The second-order valence-corrected chi connectivity index (χ2v) is 7.97. The minimum Gasteiger partial charge on any atom is -0.479 e. The molecule has 3 atom stereocenters. The molecule has 0 aromatic heterocycles. The highest BCUT2D eigenvalue weighted by atomic mass is 16.7. The van der Waals surface area contributed by atoms with Crippen LogP contribution >= 0.6 is 0 Å². The summed E-state index contributed by atoms with van der Waals surface area (Å²) >= 11 is 0. The van der Waals surface area contributed by atoms with Gasteiger partial charge in [-0.25, -0.2) is 9.59 Å². The Kier molecular flexibility index (Phi) is 9.28. The van der Waals surface area contributed by atoms with Gasteiger partial charge in [0.2, 0.25) is 11.4 Å². The lowest BCUT2D eigenvalue weighted by molar-refractivity contribution is -0.160. The van der Waals surface area contributed by atoms with Crippen LogP contribution in [-0.2, 0) is 24.0 Å². The Morgan fingerprint density at radius 3 is 2.69 bits per heavy atom. The lowest BCUT2D eigenvalue weighted by atomic mass is 9.89. The van der Waals surface area contributed by atoms with E-state index >= 15 is 0 Å². The van der Waals surface area contributed by atoms with Crippen LogP contribution in [0.15, 0.2) is 0 Å². The zero-order valence-corrected chi connectivity index (χ0v) is 17.1. The number of nitrogens with two attached hydrogens (primary N) is 1.